The predicted molar refractivity (Wildman–Crippen MR) is 128 cm³/mol. The molecule has 0 fully saturated rings. The minimum atomic E-state index is -0.659. The molecule has 3 aromatic carbocycles. The molecule has 8 heteroatoms. The Bertz CT molecular complexity index is 1320. The number of esters is 1. The topological polar surface area (TPSA) is 89.5 Å². The Morgan fingerprint density at radius 3 is 2.06 bits per heavy atom. The number of carbonyl (C=O) groups is 2. The van der Waals surface area contributed by atoms with Crippen molar-refractivity contribution in [1.82, 2.24) is 0 Å². The number of ether oxygens (including phenoxy) is 6. The number of carbonyl (C=O) groups excluding carboxylic acids is 2. The molecular weight excluding hydrogens is 452 g/mol. The molecule has 0 radical (unpaired) electrons. The van der Waals surface area contributed by atoms with E-state index in [1.165, 1.54) is 21.3 Å². The van der Waals surface area contributed by atoms with E-state index in [1.54, 1.807) is 68.6 Å². The van der Waals surface area contributed by atoms with Crippen molar-refractivity contribution in [3.8, 4) is 34.5 Å². The van der Waals surface area contributed by atoms with Crippen LogP contribution in [0.2, 0.25) is 0 Å². The summed E-state index contributed by atoms with van der Waals surface area (Å²) < 4.78 is 32.7. The molecule has 1 heterocycles. The monoisotopic (exact) mass is 476 g/mol. The van der Waals surface area contributed by atoms with Crippen molar-refractivity contribution in [2.45, 2.75) is 6.92 Å². The van der Waals surface area contributed by atoms with Gasteiger partial charge in [-0.2, -0.15) is 0 Å². The summed E-state index contributed by atoms with van der Waals surface area (Å²) >= 11 is 0. The lowest BCUT2D eigenvalue weighted by Gasteiger charge is -2.14. The second-order valence-electron chi connectivity index (χ2n) is 7.55. The molecule has 0 amide bonds. The maximum atomic E-state index is 13.0. The van der Waals surface area contributed by atoms with Crippen molar-refractivity contribution in [2.24, 2.45) is 0 Å². The summed E-state index contributed by atoms with van der Waals surface area (Å²) in [5.41, 5.74) is 1.74. The number of Topliss-reactive ketones (excluding diaryl/α,β-unsaturated/α-hetero) is 1. The highest BCUT2D eigenvalue weighted by Gasteiger charge is 2.31. The lowest BCUT2D eigenvalue weighted by atomic mass is 10.1. The molecule has 35 heavy (non-hydrogen) atoms. The highest BCUT2D eigenvalue weighted by Crippen LogP contribution is 2.40. The molecule has 0 N–H and O–H groups in total. The van der Waals surface area contributed by atoms with E-state index in [0.29, 0.717) is 45.4 Å². The molecule has 0 unspecified atom stereocenters. The first kappa shape index (κ1) is 23.7. The Morgan fingerprint density at radius 2 is 1.43 bits per heavy atom. The van der Waals surface area contributed by atoms with Gasteiger partial charge in [0.25, 0.3) is 0 Å². The van der Waals surface area contributed by atoms with Crippen LogP contribution in [0, 0.1) is 6.92 Å². The zero-order valence-electron chi connectivity index (χ0n) is 20.0. The van der Waals surface area contributed by atoms with Crippen molar-refractivity contribution >= 4 is 17.8 Å². The second kappa shape index (κ2) is 9.80. The molecule has 0 saturated carbocycles. The standard InChI is InChI=1S/C27H24O8/c1-15-18(35-27(29)24-20(31-3)7-6-8-21(24)32-4)12-10-17-25(28)23(34-26(15)17)14-16-9-11-19(30-2)22(13-16)33-5/h6-14H,1-5H3/b23-14-. The summed E-state index contributed by atoms with van der Waals surface area (Å²) in [6.07, 6.45) is 1.62. The van der Waals surface area contributed by atoms with Gasteiger partial charge in [-0.3, -0.25) is 4.79 Å². The number of benzene rings is 3. The summed E-state index contributed by atoms with van der Waals surface area (Å²) in [7, 11) is 6.00. The van der Waals surface area contributed by atoms with Gasteiger partial charge in [-0.25, -0.2) is 4.79 Å². The van der Waals surface area contributed by atoms with Crippen LogP contribution in [0.3, 0.4) is 0 Å². The molecule has 1 aliphatic rings. The minimum Gasteiger partial charge on any atom is -0.496 e. The number of rotatable bonds is 7. The van der Waals surface area contributed by atoms with Gasteiger partial charge in [-0.15, -0.1) is 0 Å². The van der Waals surface area contributed by atoms with Gasteiger partial charge in [0.2, 0.25) is 5.78 Å². The average molecular weight is 476 g/mol. The number of allylic oxidation sites excluding steroid dienone is 1. The van der Waals surface area contributed by atoms with E-state index < -0.39 is 5.97 Å². The minimum absolute atomic E-state index is 0.144. The third-order valence-corrected chi connectivity index (χ3v) is 5.58. The van der Waals surface area contributed by atoms with Gasteiger partial charge in [-0.05, 0) is 55.0 Å². The Labute approximate surface area is 202 Å². The normalized spacial score (nSPS) is 13.2. The number of fused-ring (bicyclic) bond motifs is 1. The largest absolute Gasteiger partial charge is 0.496 e. The molecule has 8 nitrogen and oxygen atoms in total. The zero-order valence-corrected chi connectivity index (χ0v) is 20.0. The van der Waals surface area contributed by atoms with E-state index in [0.717, 1.165) is 0 Å². The zero-order chi connectivity index (χ0) is 25.1. The number of ketones is 1. The molecule has 0 bridgehead atoms. The first-order valence-corrected chi connectivity index (χ1v) is 10.6. The molecule has 0 atom stereocenters. The van der Waals surface area contributed by atoms with Crippen molar-refractivity contribution in [2.75, 3.05) is 28.4 Å². The molecule has 180 valence electrons. The quantitative estimate of drug-likeness (QED) is 0.271. The smallest absolute Gasteiger partial charge is 0.351 e. The van der Waals surface area contributed by atoms with Gasteiger partial charge in [0.15, 0.2) is 17.3 Å². The van der Waals surface area contributed by atoms with Crippen LogP contribution in [0.1, 0.15) is 31.8 Å². The van der Waals surface area contributed by atoms with Crippen LogP contribution in [-0.2, 0) is 0 Å². The van der Waals surface area contributed by atoms with E-state index in [9.17, 15) is 9.59 Å². The molecule has 3 aromatic rings. The number of methoxy groups -OCH3 is 4. The van der Waals surface area contributed by atoms with Crippen molar-refractivity contribution in [3.05, 3.63) is 76.5 Å². The fraction of sp³-hybridized carbons (Fsp3) is 0.185. The van der Waals surface area contributed by atoms with E-state index in [2.05, 4.69) is 0 Å². The second-order valence-corrected chi connectivity index (χ2v) is 7.55. The maximum absolute atomic E-state index is 13.0. The van der Waals surface area contributed by atoms with Crippen LogP contribution in [0.25, 0.3) is 6.08 Å². The van der Waals surface area contributed by atoms with Gasteiger partial charge >= 0.3 is 5.97 Å². The highest BCUT2D eigenvalue weighted by atomic mass is 16.5. The van der Waals surface area contributed by atoms with E-state index in [1.807, 2.05) is 0 Å². The Balaban J connectivity index is 1.63. The summed E-state index contributed by atoms with van der Waals surface area (Å²) in [5.74, 6) is 1.54. The fourth-order valence-electron chi connectivity index (χ4n) is 3.78. The molecule has 4 rings (SSSR count). The van der Waals surface area contributed by atoms with Crippen LogP contribution in [0.5, 0.6) is 34.5 Å². The van der Waals surface area contributed by atoms with E-state index in [4.69, 9.17) is 28.4 Å². The van der Waals surface area contributed by atoms with Crippen LogP contribution >= 0.6 is 0 Å². The molecule has 1 aliphatic heterocycles. The van der Waals surface area contributed by atoms with Crippen molar-refractivity contribution < 1.29 is 38.0 Å². The molecule has 0 spiro atoms. The van der Waals surface area contributed by atoms with E-state index in [-0.39, 0.29) is 22.9 Å². The molecular formula is C27H24O8. The van der Waals surface area contributed by atoms with Crippen molar-refractivity contribution in [3.63, 3.8) is 0 Å². The molecule has 0 saturated heterocycles. The molecule has 0 aromatic heterocycles. The Hall–Kier alpha value is -4.46. The summed E-state index contributed by atoms with van der Waals surface area (Å²) in [6.45, 7) is 1.72. The van der Waals surface area contributed by atoms with Crippen molar-refractivity contribution in [1.29, 1.82) is 0 Å². The summed E-state index contributed by atoms with van der Waals surface area (Å²) in [6, 6.07) is 13.4. The first-order valence-electron chi connectivity index (χ1n) is 10.6. The lowest BCUT2D eigenvalue weighted by molar-refractivity contribution is 0.0726. The maximum Gasteiger partial charge on any atom is 0.351 e. The van der Waals surface area contributed by atoms with Gasteiger partial charge in [0, 0.05) is 5.56 Å². The van der Waals surface area contributed by atoms with Crippen LogP contribution in [-0.4, -0.2) is 40.2 Å². The summed E-state index contributed by atoms with van der Waals surface area (Å²) in [5, 5.41) is 0. The third kappa shape index (κ3) is 4.38. The van der Waals surface area contributed by atoms with Crippen LogP contribution in [0.15, 0.2) is 54.3 Å². The SMILES string of the molecule is COc1ccc(/C=C2\Oc3c(ccc(OC(=O)c4c(OC)cccc4OC)c3C)C2=O)cc1OC. The van der Waals surface area contributed by atoms with Gasteiger partial charge in [-0.1, -0.05) is 12.1 Å². The van der Waals surface area contributed by atoms with Crippen LogP contribution < -0.4 is 28.4 Å². The third-order valence-electron chi connectivity index (χ3n) is 5.58. The van der Waals surface area contributed by atoms with Crippen LogP contribution in [0.4, 0.5) is 0 Å². The fourth-order valence-corrected chi connectivity index (χ4v) is 3.78. The van der Waals surface area contributed by atoms with Gasteiger partial charge in [0.05, 0.1) is 34.0 Å². The Morgan fingerprint density at radius 1 is 0.800 bits per heavy atom. The summed E-state index contributed by atoms with van der Waals surface area (Å²) in [4.78, 5) is 25.9. The predicted octanol–water partition coefficient (Wildman–Crippen LogP) is 4.86. The number of hydrogen-bond acceptors (Lipinski definition) is 8. The lowest BCUT2D eigenvalue weighted by Crippen LogP contribution is -2.12. The average Bonchev–Trinajstić information content (AvgIpc) is 3.20. The van der Waals surface area contributed by atoms with Gasteiger partial charge < -0.3 is 28.4 Å². The highest BCUT2D eigenvalue weighted by molar-refractivity contribution is 6.15. The van der Waals surface area contributed by atoms with Gasteiger partial charge in [0.1, 0.15) is 28.6 Å². The number of hydrogen-bond donors (Lipinski definition) is 0. The van der Waals surface area contributed by atoms with E-state index >= 15 is 0 Å². The first-order chi connectivity index (χ1) is 16.9. The Kier molecular flexibility index (Phi) is 6.64. The molecule has 0 aliphatic carbocycles.